The summed E-state index contributed by atoms with van der Waals surface area (Å²) in [4.78, 5) is 26.0. The highest BCUT2D eigenvalue weighted by Crippen LogP contribution is 2.43. The van der Waals surface area contributed by atoms with Crippen molar-refractivity contribution in [3.8, 4) is 11.5 Å². The maximum atomic E-state index is 13.4. The number of benzene rings is 3. The van der Waals surface area contributed by atoms with Gasteiger partial charge in [0.05, 0.1) is 17.2 Å². The van der Waals surface area contributed by atoms with Gasteiger partial charge in [-0.3, -0.25) is 9.59 Å². The standard InChI is InChI=1S/C26H27Cl2N3O4/c1-16(26(34)31-17-9-3-2-4-10-17)30-21-12-6-5-11-18(21)23(32)19-15-20(27)25(22(28)24(19)33)35-14-8-7-13-29/h2-6,9-12,15-16,30,33H,7-8,13-14,29H2,1H3,(H,31,34). The van der Waals surface area contributed by atoms with Crippen molar-refractivity contribution in [1.29, 1.82) is 0 Å². The Morgan fingerprint density at radius 3 is 2.43 bits per heavy atom. The van der Waals surface area contributed by atoms with Gasteiger partial charge in [-0.15, -0.1) is 0 Å². The highest BCUT2D eigenvalue weighted by Gasteiger charge is 2.24. The molecule has 7 nitrogen and oxygen atoms in total. The molecule has 5 N–H and O–H groups in total. The normalized spacial score (nSPS) is 11.5. The third-order valence-electron chi connectivity index (χ3n) is 5.22. The van der Waals surface area contributed by atoms with Crippen LogP contribution in [0.15, 0.2) is 60.7 Å². The maximum Gasteiger partial charge on any atom is 0.246 e. The van der Waals surface area contributed by atoms with E-state index in [1.165, 1.54) is 6.07 Å². The summed E-state index contributed by atoms with van der Waals surface area (Å²) >= 11 is 12.6. The molecule has 0 radical (unpaired) electrons. The molecule has 0 bridgehead atoms. The number of para-hydroxylation sites is 2. The first kappa shape index (κ1) is 26.3. The highest BCUT2D eigenvalue weighted by molar-refractivity contribution is 6.39. The molecular weight excluding hydrogens is 489 g/mol. The molecule has 3 aromatic rings. The number of halogens is 2. The van der Waals surface area contributed by atoms with Gasteiger partial charge >= 0.3 is 0 Å². The van der Waals surface area contributed by atoms with Crippen molar-refractivity contribution in [2.24, 2.45) is 5.73 Å². The van der Waals surface area contributed by atoms with Crippen molar-refractivity contribution in [2.75, 3.05) is 23.8 Å². The monoisotopic (exact) mass is 515 g/mol. The first-order chi connectivity index (χ1) is 16.8. The fraction of sp³-hybridized carbons (Fsp3) is 0.231. The number of carbonyl (C=O) groups is 2. The number of anilines is 2. The van der Waals surface area contributed by atoms with E-state index in [1.54, 1.807) is 43.3 Å². The van der Waals surface area contributed by atoms with Gasteiger partial charge in [-0.05, 0) is 56.6 Å². The van der Waals surface area contributed by atoms with E-state index in [0.29, 0.717) is 30.9 Å². The minimum Gasteiger partial charge on any atom is -0.505 e. The summed E-state index contributed by atoms with van der Waals surface area (Å²) in [5, 5.41) is 16.5. The lowest BCUT2D eigenvalue weighted by Gasteiger charge is -2.18. The number of aromatic hydroxyl groups is 1. The Kier molecular flexibility index (Phi) is 9.37. The molecular formula is C26H27Cl2N3O4. The summed E-state index contributed by atoms with van der Waals surface area (Å²) in [6, 6.07) is 16.4. The zero-order chi connectivity index (χ0) is 25.4. The summed E-state index contributed by atoms with van der Waals surface area (Å²) < 4.78 is 5.59. The second-order valence-electron chi connectivity index (χ2n) is 7.84. The van der Waals surface area contributed by atoms with E-state index in [4.69, 9.17) is 33.7 Å². The fourth-order valence-electron chi connectivity index (χ4n) is 3.34. The molecule has 0 aliphatic rings. The first-order valence-corrected chi connectivity index (χ1v) is 11.9. The third-order valence-corrected chi connectivity index (χ3v) is 5.85. The van der Waals surface area contributed by atoms with Crippen molar-refractivity contribution in [1.82, 2.24) is 0 Å². The van der Waals surface area contributed by atoms with E-state index in [0.717, 1.165) is 6.42 Å². The maximum absolute atomic E-state index is 13.4. The van der Waals surface area contributed by atoms with Crippen molar-refractivity contribution in [3.63, 3.8) is 0 Å². The SMILES string of the molecule is CC(Nc1ccccc1C(=O)c1cc(Cl)c(OCCCCN)c(Cl)c1O)C(=O)Nc1ccccc1. The van der Waals surface area contributed by atoms with Crippen molar-refractivity contribution < 1.29 is 19.4 Å². The second kappa shape index (κ2) is 12.4. The van der Waals surface area contributed by atoms with Gasteiger partial charge in [-0.1, -0.05) is 53.5 Å². The van der Waals surface area contributed by atoms with E-state index in [-0.39, 0.29) is 32.8 Å². The number of ketones is 1. The molecule has 0 heterocycles. The van der Waals surface area contributed by atoms with Crippen LogP contribution in [0.5, 0.6) is 11.5 Å². The molecule has 1 unspecified atom stereocenters. The van der Waals surface area contributed by atoms with Gasteiger partial charge in [0.1, 0.15) is 16.8 Å². The minimum atomic E-state index is -0.658. The summed E-state index contributed by atoms with van der Waals surface area (Å²) in [5.41, 5.74) is 6.72. The Labute approximate surface area is 214 Å². The molecule has 0 spiro atoms. The van der Waals surface area contributed by atoms with Crippen molar-refractivity contribution in [2.45, 2.75) is 25.8 Å². The smallest absolute Gasteiger partial charge is 0.246 e. The van der Waals surface area contributed by atoms with Crippen LogP contribution in [0.1, 0.15) is 35.7 Å². The molecule has 0 fully saturated rings. The number of unbranched alkanes of at least 4 members (excludes halogenated alkanes) is 1. The third kappa shape index (κ3) is 6.66. The molecule has 35 heavy (non-hydrogen) atoms. The lowest BCUT2D eigenvalue weighted by Crippen LogP contribution is -2.32. The van der Waals surface area contributed by atoms with E-state index in [1.807, 2.05) is 18.2 Å². The Morgan fingerprint density at radius 2 is 1.71 bits per heavy atom. The number of hydrogen-bond donors (Lipinski definition) is 4. The van der Waals surface area contributed by atoms with Crippen LogP contribution in [0, 0.1) is 0 Å². The van der Waals surface area contributed by atoms with Crippen LogP contribution in [0.4, 0.5) is 11.4 Å². The van der Waals surface area contributed by atoms with E-state index < -0.39 is 17.6 Å². The molecule has 0 aromatic heterocycles. The van der Waals surface area contributed by atoms with Crippen LogP contribution in [-0.4, -0.2) is 36.0 Å². The number of phenolic OH excluding ortho intramolecular Hbond substituents is 1. The van der Waals surface area contributed by atoms with E-state index in [9.17, 15) is 14.7 Å². The number of nitrogens with one attached hydrogen (secondary N) is 2. The number of hydrogen-bond acceptors (Lipinski definition) is 6. The van der Waals surface area contributed by atoms with Crippen molar-refractivity contribution >= 4 is 46.3 Å². The van der Waals surface area contributed by atoms with Crippen LogP contribution < -0.4 is 21.1 Å². The highest BCUT2D eigenvalue weighted by atomic mass is 35.5. The number of ether oxygens (including phenoxy) is 1. The number of nitrogens with two attached hydrogens (primary N) is 1. The Morgan fingerprint density at radius 1 is 1.03 bits per heavy atom. The zero-order valence-electron chi connectivity index (χ0n) is 19.2. The number of amides is 1. The van der Waals surface area contributed by atoms with E-state index >= 15 is 0 Å². The molecule has 0 saturated carbocycles. The average molecular weight is 516 g/mol. The quantitative estimate of drug-likeness (QED) is 0.198. The zero-order valence-corrected chi connectivity index (χ0v) is 20.7. The van der Waals surface area contributed by atoms with Gasteiger partial charge in [0.2, 0.25) is 5.91 Å². The van der Waals surface area contributed by atoms with Crippen LogP contribution in [0.2, 0.25) is 10.0 Å². The van der Waals surface area contributed by atoms with Crippen LogP contribution in [-0.2, 0) is 4.79 Å². The summed E-state index contributed by atoms with van der Waals surface area (Å²) in [6.07, 6.45) is 1.46. The number of rotatable bonds is 11. The number of phenols is 1. The van der Waals surface area contributed by atoms with Crippen LogP contribution in [0.3, 0.4) is 0 Å². The first-order valence-electron chi connectivity index (χ1n) is 11.1. The molecule has 0 saturated heterocycles. The Bertz CT molecular complexity index is 1190. The van der Waals surface area contributed by atoms with Gasteiger partial charge in [-0.25, -0.2) is 0 Å². The van der Waals surface area contributed by atoms with E-state index in [2.05, 4.69) is 10.6 Å². The average Bonchev–Trinajstić information content (AvgIpc) is 2.86. The largest absolute Gasteiger partial charge is 0.505 e. The predicted molar refractivity (Wildman–Crippen MR) is 140 cm³/mol. The van der Waals surface area contributed by atoms with Gasteiger partial charge in [0.15, 0.2) is 11.5 Å². The van der Waals surface area contributed by atoms with Crippen LogP contribution in [0.25, 0.3) is 0 Å². The topological polar surface area (TPSA) is 114 Å². The van der Waals surface area contributed by atoms with Gasteiger partial charge in [-0.2, -0.15) is 0 Å². The van der Waals surface area contributed by atoms with Gasteiger partial charge in [0.25, 0.3) is 0 Å². The molecule has 3 aromatic carbocycles. The Balaban J connectivity index is 1.81. The summed E-state index contributed by atoms with van der Waals surface area (Å²) in [7, 11) is 0. The summed E-state index contributed by atoms with van der Waals surface area (Å²) in [6.45, 7) is 2.53. The molecule has 1 amide bonds. The molecule has 9 heteroatoms. The van der Waals surface area contributed by atoms with Crippen molar-refractivity contribution in [3.05, 3.63) is 81.8 Å². The molecule has 0 aliphatic heterocycles. The summed E-state index contributed by atoms with van der Waals surface area (Å²) in [5.74, 6) is -1.11. The predicted octanol–water partition coefficient (Wildman–Crippen LogP) is 5.49. The molecule has 3 rings (SSSR count). The Hall–Kier alpha value is -3.26. The fourth-order valence-corrected chi connectivity index (χ4v) is 3.90. The minimum absolute atomic E-state index is 0.0788. The number of carbonyl (C=O) groups excluding carboxylic acids is 2. The van der Waals surface area contributed by atoms with Gasteiger partial charge < -0.3 is 26.2 Å². The molecule has 0 aliphatic carbocycles. The second-order valence-corrected chi connectivity index (χ2v) is 8.62. The molecule has 184 valence electrons. The van der Waals surface area contributed by atoms with Crippen LogP contribution >= 0.6 is 23.2 Å². The lowest BCUT2D eigenvalue weighted by molar-refractivity contribution is -0.116. The van der Waals surface area contributed by atoms with Gasteiger partial charge in [0, 0.05) is 16.9 Å². The molecule has 1 atom stereocenters. The lowest BCUT2D eigenvalue weighted by atomic mass is 10.00.